The van der Waals surface area contributed by atoms with E-state index in [1.165, 1.54) is 18.5 Å². The minimum atomic E-state index is 0.628. The van der Waals surface area contributed by atoms with E-state index in [0.717, 1.165) is 42.5 Å². The summed E-state index contributed by atoms with van der Waals surface area (Å²) >= 11 is 5.89. The second-order valence-electron chi connectivity index (χ2n) is 5.09. The van der Waals surface area contributed by atoms with Gasteiger partial charge in [-0.15, -0.1) is 11.6 Å². The van der Waals surface area contributed by atoms with Crippen molar-refractivity contribution in [1.82, 2.24) is 19.3 Å². The average Bonchev–Trinajstić information content (AvgIpc) is 3.03. The van der Waals surface area contributed by atoms with E-state index in [4.69, 9.17) is 16.6 Å². The molecule has 1 fully saturated rings. The lowest BCUT2D eigenvalue weighted by atomic mass is 10.4. The first-order valence-corrected chi connectivity index (χ1v) is 7.26. The van der Waals surface area contributed by atoms with Gasteiger partial charge in [-0.2, -0.15) is 5.10 Å². The summed E-state index contributed by atoms with van der Waals surface area (Å²) in [6.45, 7) is 6.13. The molecule has 2 heterocycles. The minimum absolute atomic E-state index is 0.628. The highest BCUT2D eigenvalue weighted by molar-refractivity contribution is 6.17. The van der Waals surface area contributed by atoms with Crippen molar-refractivity contribution in [2.45, 2.75) is 46.2 Å². The molecule has 0 atom stereocenters. The summed E-state index contributed by atoms with van der Waals surface area (Å²) in [6.07, 6.45) is 3.53. The highest BCUT2D eigenvalue weighted by Gasteiger charge is 2.26. The fourth-order valence-corrected chi connectivity index (χ4v) is 2.68. The molecule has 1 saturated carbocycles. The first kappa shape index (κ1) is 12.0. The van der Waals surface area contributed by atoms with Gasteiger partial charge in [-0.3, -0.25) is 0 Å². The minimum Gasteiger partial charge on any atom is -0.313 e. The Morgan fingerprint density at radius 3 is 2.78 bits per heavy atom. The second kappa shape index (κ2) is 4.57. The molecule has 98 valence electrons. The number of aryl methyl sites for hydroxylation is 3. The number of aromatic nitrogens is 4. The van der Waals surface area contributed by atoms with Crippen molar-refractivity contribution in [2.24, 2.45) is 5.92 Å². The molecule has 0 aliphatic heterocycles. The van der Waals surface area contributed by atoms with Gasteiger partial charge in [-0.1, -0.05) is 0 Å². The van der Waals surface area contributed by atoms with E-state index >= 15 is 0 Å². The van der Waals surface area contributed by atoms with Crippen LogP contribution in [0.3, 0.4) is 0 Å². The van der Waals surface area contributed by atoms with Crippen molar-refractivity contribution in [1.29, 1.82) is 0 Å². The normalized spacial score (nSPS) is 15.7. The number of hydrogen-bond donors (Lipinski definition) is 0. The molecule has 5 heteroatoms. The SMILES string of the molecule is CCn1nc(C)c2nc(CCCl)n(CC3CC3)c21. The maximum atomic E-state index is 5.89. The third kappa shape index (κ3) is 1.92. The fourth-order valence-electron chi connectivity index (χ4n) is 2.52. The van der Waals surface area contributed by atoms with Crippen molar-refractivity contribution in [2.75, 3.05) is 5.88 Å². The number of nitrogens with zero attached hydrogens (tertiary/aromatic N) is 4. The van der Waals surface area contributed by atoms with Crippen LogP contribution in [0.2, 0.25) is 0 Å². The van der Waals surface area contributed by atoms with Crippen LogP contribution in [-0.4, -0.2) is 25.2 Å². The van der Waals surface area contributed by atoms with Crippen LogP contribution in [0.25, 0.3) is 11.2 Å². The summed E-state index contributed by atoms with van der Waals surface area (Å²) in [4.78, 5) is 4.75. The third-order valence-electron chi connectivity index (χ3n) is 3.63. The van der Waals surface area contributed by atoms with Crippen LogP contribution >= 0.6 is 11.6 Å². The largest absolute Gasteiger partial charge is 0.313 e. The fraction of sp³-hybridized carbons (Fsp3) is 0.692. The second-order valence-corrected chi connectivity index (χ2v) is 5.47. The number of halogens is 1. The zero-order chi connectivity index (χ0) is 12.7. The van der Waals surface area contributed by atoms with E-state index in [9.17, 15) is 0 Å². The molecule has 0 N–H and O–H groups in total. The number of hydrogen-bond acceptors (Lipinski definition) is 2. The molecular formula is C13H19ClN4. The number of rotatable bonds is 5. The zero-order valence-corrected chi connectivity index (χ0v) is 11.7. The predicted molar refractivity (Wildman–Crippen MR) is 73.1 cm³/mol. The maximum Gasteiger partial charge on any atom is 0.158 e. The van der Waals surface area contributed by atoms with E-state index in [-0.39, 0.29) is 0 Å². The van der Waals surface area contributed by atoms with Crippen molar-refractivity contribution in [3.05, 3.63) is 11.5 Å². The Balaban J connectivity index is 2.14. The lowest BCUT2D eigenvalue weighted by molar-refractivity contribution is 0.578. The quantitative estimate of drug-likeness (QED) is 0.780. The zero-order valence-electron chi connectivity index (χ0n) is 11.0. The number of fused-ring (bicyclic) bond motifs is 1. The summed E-state index contributed by atoms with van der Waals surface area (Å²) in [5, 5.41) is 4.56. The standard InChI is InChI=1S/C13H19ClN4/c1-3-18-13-12(9(2)16-18)15-11(6-7-14)17(13)8-10-4-5-10/h10H,3-8H2,1-2H3. The first-order chi connectivity index (χ1) is 8.74. The first-order valence-electron chi connectivity index (χ1n) is 6.73. The van der Waals surface area contributed by atoms with Crippen LogP contribution < -0.4 is 0 Å². The van der Waals surface area contributed by atoms with Gasteiger partial charge in [0, 0.05) is 25.4 Å². The van der Waals surface area contributed by atoms with E-state index in [1.807, 2.05) is 6.92 Å². The molecule has 2 aromatic heterocycles. The smallest absolute Gasteiger partial charge is 0.158 e. The summed E-state index contributed by atoms with van der Waals surface area (Å²) in [5.41, 5.74) is 3.26. The van der Waals surface area contributed by atoms with Crippen LogP contribution in [0.5, 0.6) is 0 Å². The topological polar surface area (TPSA) is 35.6 Å². The Morgan fingerprint density at radius 2 is 2.17 bits per heavy atom. The summed E-state index contributed by atoms with van der Waals surface area (Å²) in [7, 11) is 0. The number of imidazole rings is 1. The molecule has 0 saturated heterocycles. The predicted octanol–water partition coefficient (Wildman–Crippen LogP) is 2.75. The van der Waals surface area contributed by atoms with Gasteiger partial charge in [-0.25, -0.2) is 9.67 Å². The van der Waals surface area contributed by atoms with Crippen molar-refractivity contribution in [3.63, 3.8) is 0 Å². The highest BCUT2D eigenvalue weighted by atomic mass is 35.5. The van der Waals surface area contributed by atoms with Gasteiger partial charge in [0.25, 0.3) is 0 Å². The van der Waals surface area contributed by atoms with Gasteiger partial charge >= 0.3 is 0 Å². The van der Waals surface area contributed by atoms with Gasteiger partial charge in [0.1, 0.15) is 11.3 Å². The molecule has 0 bridgehead atoms. The van der Waals surface area contributed by atoms with Gasteiger partial charge in [0.15, 0.2) is 5.65 Å². The van der Waals surface area contributed by atoms with Crippen LogP contribution in [0.15, 0.2) is 0 Å². The molecular weight excluding hydrogens is 248 g/mol. The van der Waals surface area contributed by atoms with Crippen LogP contribution in [0.4, 0.5) is 0 Å². The van der Waals surface area contributed by atoms with Crippen LogP contribution in [0.1, 0.15) is 31.3 Å². The molecule has 4 nitrogen and oxygen atoms in total. The lowest BCUT2D eigenvalue weighted by Crippen LogP contribution is -2.10. The Kier molecular flexibility index (Phi) is 3.06. The van der Waals surface area contributed by atoms with Crippen molar-refractivity contribution in [3.8, 4) is 0 Å². The van der Waals surface area contributed by atoms with Crippen LogP contribution in [0, 0.1) is 12.8 Å². The van der Waals surface area contributed by atoms with Gasteiger partial charge in [-0.05, 0) is 32.6 Å². The lowest BCUT2D eigenvalue weighted by Gasteiger charge is -2.08. The molecule has 1 aliphatic rings. The van der Waals surface area contributed by atoms with E-state index < -0.39 is 0 Å². The van der Waals surface area contributed by atoms with Crippen molar-refractivity contribution < 1.29 is 0 Å². The molecule has 2 aromatic rings. The Hall–Kier alpha value is -1.03. The summed E-state index contributed by atoms with van der Waals surface area (Å²) in [5.74, 6) is 2.58. The Labute approximate surface area is 112 Å². The van der Waals surface area contributed by atoms with Crippen LogP contribution in [-0.2, 0) is 19.5 Å². The maximum absolute atomic E-state index is 5.89. The van der Waals surface area contributed by atoms with Gasteiger partial charge < -0.3 is 4.57 Å². The highest BCUT2D eigenvalue weighted by Crippen LogP contribution is 2.33. The van der Waals surface area contributed by atoms with E-state index in [1.54, 1.807) is 0 Å². The summed E-state index contributed by atoms with van der Waals surface area (Å²) < 4.78 is 4.41. The van der Waals surface area contributed by atoms with E-state index in [0.29, 0.717) is 5.88 Å². The molecule has 0 amide bonds. The molecule has 0 radical (unpaired) electrons. The molecule has 18 heavy (non-hydrogen) atoms. The average molecular weight is 267 g/mol. The van der Waals surface area contributed by atoms with Crippen molar-refractivity contribution >= 4 is 22.8 Å². The van der Waals surface area contributed by atoms with Gasteiger partial charge in [0.05, 0.1) is 5.69 Å². The molecule has 3 rings (SSSR count). The molecule has 0 aromatic carbocycles. The molecule has 1 aliphatic carbocycles. The third-order valence-corrected chi connectivity index (χ3v) is 3.82. The monoisotopic (exact) mass is 266 g/mol. The number of alkyl halides is 1. The molecule has 0 unspecified atom stereocenters. The van der Waals surface area contributed by atoms with E-state index in [2.05, 4.69) is 21.3 Å². The molecule has 0 spiro atoms. The Morgan fingerprint density at radius 1 is 1.39 bits per heavy atom. The van der Waals surface area contributed by atoms with Gasteiger partial charge in [0.2, 0.25) is 0 Å². The summed E-state index contributed by atoms with van der Waals surface area (Å²) in [6, 6.07) is 0. The Bertz CT molecular complexity index is 565.